The summed E-state index contributed by atoms with van der Waals surface area (Å²) in [5.41, 5.74) is 0.962. The lowest BCUT2D eigenvalue weighted by atomic mass is 10.1. The summed E-state index contributed by atoms with van der Waals surface area (Å²) < 4.78 is 11.1. The van der Waals surface area contributed by atoms with Crippen LogP contribution in [0.25, 0.3) is 0 Å². The molecule has 0 spiro atoms. The largest absolute Gasteiger partial charge is 0.490 e. The zero-order valence-electron chi connectivity index (χ0n) is 14.3. The summed E-state index contributed by atoms with van der Waals surface area (Å²) in [7, 11) is 0. The molecule has 0 amide bonds. The molecule has 0 radical (unpaired) electrons. The minimum atomic E-state index is -0.525. The number of nitrogens with zero attached hydrogens (tertiary/aromatic N) is 2. The van der Waals surface area contributed by atoms with Crippen molar-refractivity contribution in [2.24, 2.45) is 0 Å². The van der Waals surface area contributed by atoms with Crippen LogP contribution in [0.1, 0.15) is 61.8 Å². The van der Waals surface area contributed by atoms with Gasteiger partial charge in [0.2, 0.25) is 5.82 Å². The lowest BCUT2D eigenvalue weighted by Crippen LogP contribution is -2.14. The number of rotatable bonds is 9. The molecule has 5 nitrogen and oxygen atoms in total. The highest BCUT2D eigenvalue weighted by Crippen LogP contribution is 2.21. The van der Waals surface area contributed by atoms with Gasteiger partial charge < -0.3 is 9.47 Å². The van der Waals surface area contributed by atoms with Crippen molar-refractivity contribution >= 4 is 5.97 Å². The van der Waals surface area contributed by atoms with Gasteiger partial charge in [0.1, 0.15) is 6.10 Å². The Bertz CT molecular complexity index is 614. The molecule has 1 aromatic heterocycles. The predicted molar refractivity (Wildman–Crippen MR) is 91.9 cm³/mol. The van der Waals surface area contributed by atoms with Crippen LogP contribution >= 0.6 is 0 Å². The van der Waals surface area contributed by atoms with Crippen LogP contribution in [0.5, 0.6) is 5.75 Å². The van der Waals surface area contributed by atoms with Gasteiger partial charge in [0.25, 0.3) is 0 Å². The molecule has 0 aliphatic rings. The van der Waals surface area contributed by atoms with Gasteiger partial charge in [-0.1, -0.05) is 57.0 Å². The SMILES string of the molecule is CCCCCOc1cnc(C(=O)OC(CC)c2ccccc2)nc1. The van der Waals surface area contributed by atoms with E-state index in [1.807, 2.05) is 37.3 Å². The van der Waals surface area contributed by atoms with Crippen molar-refractivity contribution in [1.29, 1.82) is 0 Å². The van der Waals surface area contributed by atoms with Gasteiger partial charge in [-0.05, 0) is 18.4 Å². The van der Waals surface area contributed by atoms with Crippen molar-refractivity contribution in [3.63, 3.8) is 0 Å². The number of benzene rings is 1. The fraction of sp³-hybridized carbons (Fsp3) is 0.421. The highest BCUT2D eigenvalue weighted by atomic mass is 16.5. The maximum Gasteiger partial charge on any atom is 0.376 e. The molecule has 1 unspecified atom stereocenters. The molecule has 0 aliphatic heterocycles. The molecule has 2 rings (SSSR count). The molecule has 1 heterocycles. The Balaban J connectivity index is 1.92. The highest BCUT2D eigenvalue weighted by molar-refractivity contribution is 5.85. The molecule has 0 saturated heterocycles. The lowest BCUT2D eigenvalue weighted by molar-refractivity contribution is 0.0273. The summed E-state index contributed by atoms with van der Waals surface area (Å²) in [4.78, 5) is 20.3. The van der Waals surface area contributed by atoms with Gasteiger partial charge in [-0.3, -0.25) is 0 Å². The quantitative estimate of drug-likeness (QED) is 0.506. The maximum atomic E-state index is 12.2. The third kappa shape index (κ3) is 5.33. The van der Waals surface area contributed by atoms with E-state index >= 15 is 0 Å². The average molecular weight is 328 g/mol. The molecule has 0 fully saturated rings. The van der Waals surface area contributed by atoms with Crippen molar-refractivity contribution in [2.45, 2.75) is 45.6 Å². The number of hydrogen-bond acceptors (Lipinski definition) is 5. The van der Waals surface area contributed by atoms with Gasteiger partial charge in [-0.2, -0.15) is 0 Å². The molecule has 1 aromatic carbocycles. The average Bonchev–Trinajstić information content (AvgIpc) is 2.64. The van der Waals surface area contributed by atoms with E-state index in [2.05, 4.69) is 16.9 Å². The molecule has 24 heavy (non-hydrogen) atoms. The monoisotopic (exact) mass is 328 g/mol. The highest BCUT2D eigenvalue weighted by Gasteiger charge is 2.18. The molecule has 0 saturated carbocycles. The molecule has 2 aromatic rings. The lowest BCUT2D eigenvalue weighted by Gasteiger charge is -2.16. The number of aromatic nitrogens is 2. The van der Waals surface area contributed by atoms with E-state index in [1.54, 1.807) is 0 Å². The zero-order chi connectivity index (χ0) is 17.2. The number of ether oxygens (including phenoxy) is 2. The molecule has 0 N–H and O–H groups in total. The minimum Gasteiger partial charge on any atom is -0.490 e. The molecule has 1 atom stereocenters. The number of hydrogen-bond donors (Lipinski definition) is 0. The van der Waals surface area contributed by atoms with Gasteiger partial charge in [-0.25, -0.2) is 14.8 Å². The fourth-order valence-corrected chi connectivity index (χ4v) is 2.27. The van der Waals surface area contributed by atoms with Gasteiger partial charge in [0.05, 0.1) is 19.0 Å². The zero-order valence-corrected chi connectivity index (χ0v) is 14.3. The first kappa shape index (κ1) is 17.9. The number of esters is 1. The Labute approximate surface area is 143 Å². The summed E-state index contributed by atoms with van der Waals surface area (Å²) >= 11 is 0. The molecular formula is C19H24N2O3. The fourth-order valence-electron chi connectivity index (χ4n) is 2.27. The normalized spacial score (nSPS) is 11.8. The first-order chi connectivity index (χ1) is 11.7. The second kappa shape index (κ2) is 9.65. The summed E-state index contributed by atoms with van der Waals surface area (Å²) in [5, 5.41) is 0. The third-order valence-corrected chi connectivity index (χ3v) is 3.62. The van der Waals surface area contributed by atoms with E-state index < -0.39 is 5.97 Å². The third-order valence-electron chi connectivity index (χ3n) is 3.62. The topological polar surface area (TPSA) is 61.3 Å². The number of carbonyl (C=O) groups excluding carboxylic acids is 1. The van der Waals surface area contributed by atoms with Crippen LogP contribution in [0, 0.1) is 0 Å². The summed E-state index contributed by atoms with van der Waals surface area (Å²) in [6, 6.07) is 9.66. The van der Waals surface area contributed by atoms with E-state index in [4.69, 9.17) is 9.47 Å². The van der Waals surface area contributed by atoms with E-state index in [1.165, 1.54) is 12.4 Å². The Kier molecular flexibility index (Phi) is 7.21. The number of carbonyl (C=O) groups is 1. The Hall–Kier alpha value is -2.43. The molecule has 0 aliphatic carbocycles. The molecule has 128 valence electrons. The van der Waals surface area contributed by atoms with Crippen LogP contribution in [0.4, 0.5) is 0 Å². The summed E-state index contributed by atoms with van der Waals surface area (Å²) in [6.45, 7) is 4.74. The smallest absolute Gasteiger partial charge is 0.376 e. The Morgan fingerprint density at radius 3 is 2.42 bits per heavy atom. The van der Waals surface area contributed by atoms with E-state index in [0.29, 0.717) is 18.8 Å². The van der Waals surface area contributed by atoms with Gasteiger partial charge in [0.15, 0.2) is 5.75 Å². The van der Waals surface area contributed by atoms with Gasteiger partial charge in [-0.15, -0.1) is 0 Å². The second-order valence-electron chi connectivity index (χ2n) is 5.51. The van der Waals surface area contributed by atoms with Crippen LogP contribution in [-0.4, -0.2) is 22.5 Å². The van der Waals surface area contributed by atoms with Gasteiger partial charge >= 0.3 is 5.97 Å². The van der Waals surface area contributed by atoms with Crippen molar-refractivity contribution in [3.8, 4) is 5.75 Å². The molecule has 5 heteroatoms. The minimum absolute atomic E-state index is 0.0466. The van der Waals surface area contributed by atoms with Crippen LogP contribution in [0.15, 0.2) is 42.7 Å². The Morgan fingerprint density at radius 2 is 1.79 bits per heavy atom. The standard InChI is InChI=1S/C19H24N2O3/c1-3-5-9-12-23-16-13-20-18(21-14-16)19(22)24-17(4-2)15-10-7-6-8-11-15/h6-8,10-11,13-14,17H,3-5,9,12H2,1-2H3. The Morgan fingerprint density at radius 1 is 1.08 bits per heavy atom. The predicted octanol–water partition coefficient (Wildman–Crippen LogP) is 4.35. The maximum absolute atomic E-state index is 12.2. The van der Waals surface area contributed by atoms with Crippen molar-refractivity contribution < 1.29 is 14.3 Å². The van der Waals surface area contributed by atoms with E-state index in [9.17, 15) is 4.79 Å². The summed E-state index contributed by atoms with van der Waals surface area (Å²) in [5.74, 6) is 0.0891. The molecule has 0 bridgehead atoms. The van der Waals surface area contributed by atoms with E-state index in [0.717, 1.165) is 24.8 Å². The first-order valence-electron chi connectivity index (χ1n) is 8.45. The van der Waals surface area contributed by atoms with Crippen molar-refractivity contribution in [2.75, 3.05) is 6.61 Å². The number of unbranched alkanes of at least 4 members (excludes halogenated alkanes) is 2. The van der Waals surface area contributed by atoms with Crippen LogP contribution in [-0.2, 0) is 4.74 Å². The van der Waals surface area contributed by atoms with Crippen LogP contribution in [0.2, 0.25) is 0 Å². The van der Waals surface area contributed by atoms with Crippen LogP contribution in [0.3, 0.4) is 0 Å². The van der Waals surface area contributed by atoms with Gasteiger partial charge in [0, 0.05) is 0 Å². The van der Waals surface area contributed by atoms with Crippen molar-refractivity contribution in [1.82, 2.24) is 9.97 Å². The second-order valence-corrected chi connectivity index (χ2v) is 5.51. The van der Waals surface area contributed by atoms with E-state index in [-0.39, 0.29) is 11.9 Å². The molecular weight excluding hydrogens is 304 g/mol. The van der Waals surface area contributed by atoms with Crippen molar-refractivity contribution in [3.05, 3.63) is 54.1 Å². The first-order valence-corrected chi connectivity index (χ1v) is 8.45. The summed E-state index contributed by atoms with van der Waals surface area (Å²) in [6.07, 6.45) is 6.68. The van der Waals surface area contributed by atoms with Crippen LogP contribution < -0.4 is 4.74 Å².